The topological polar surface area (TPSA) is 36.9 Å². The van der Waals surface area contributed by atoms with Crippen molar-refractivity contribution < 1.29 is 9.23 Å². The van der Waals surface area contributed by atoms with E-state index in [1.54, 1.807) is 6.07 Å². The lowest BCUT2D eigenvalue weighted by Crippen LogP contribution is -2.33. The molecule has 1 aromatic carbocycles. The standard InChI is InChI=1S/C16H20FN3OS2/c1-11(22)18-10-13-9-15(19-21-13)12-2-3-16(14(17)8-12)20-4-6-23-7-5-20/h2-3,8,13H,4-7,9-10H2,1H3,(H,18,22). The van der Waals surface area contributed by atoms with Gasteiger partial charge in [-0.1, -0.05) is 23.4 Å². The monoisotopic (exact) mass is 353 g/mol. The van der Waals surface area contributed by atoms with Gasteiger partial charge >= 0.3 is 0 Å². The van der Waals surface area contributed by atoms with Crippen LogP contribution in [-0.4, -0.2) is 47.9 Å². The normalized spacial score (nSPS) is 20.9. The molecule has 0 aliphatic carbocycles. The van der Waals surface area contributed by atoms with Gasteiger partial charge in [-0.05, 0) is 19.1 Å². The number of hydrogen-bond donors (Lipinski definition) is 1. The van der Waals surface area contributed by atoms with Crippen molar-refractivity contribution in [2.24, 2.45) is 5.16 Å². The molecule has 1 unspecified atom stereocenters. The summed E-state index contributed by atoms with van der Waals surface area (Å²) < 4.78 is 14.5. The third-order valence-corrected chi connectivity index (χ3v) is 5.03. The number of rotatable bonds is 4. The van der Waals surface area contributed by atoms with E-state index in [9.17, 15) is 4.39 Å². The highest BCUT2D eigenvalue weighted by Gasteiger charge is 2.23. The van der Waals surface area contributed by atoms with Gasteiger partial charge in [-0.15, -0.1) is 0 Å². The van der Waals surface area contributed by atoms with Crippen molar-refractivity contribution in [2.45, 2.75) is 19.4 Å². The molecule has 0 radical (unpaired) electrons. The first-order chi connectivity index (χ1) is 11.1. The number of benzene rings is 1. The van der Waals surface area contributed by atoms with E-state index in [-0.39, 0.29) is 11.9 Å². The number of nitrogens with zero attached hydrogens (tertiary/aromatic N) is 2. The number of hydrogen-bond acceptors (Lipinski definition) is 5. The van der Waals surface area contributed by atoms with E-state index in [1.165, 1.54) is 0 Å². The predicted molar refractivity (Wildman–Crippen MR) is 98.2 cm³/mol. The van der Waals surface area contributed by atoms with Crippen molar-refractivity contribution in [1.29, 1.82) is 0 Å². The van der Waals surface area contributed by atoms with Crippen LogP contribution in [-0.2, 0) is 4.84 Å². The van der Waals surface area contributed by atoms with Crippen LogP contribution in [0.5, 0.6) is 0 Å². The Morgan fingerprint density at radius 3 is 2.96 bits per heavy atom. The van der Waals surface area contributed by atoms with Crippen molar-refractivity contribution in [3.63, 3.8) is 0 Å². The minimum atomic E-state index is -0.187. The second-order valence-electron chi connectivity index (χ2n) is 5.67. The maximum absolute atomic E-state index is 14.5. The van der Waals surface area contributed by atoms with Crippen molar-refractivity contribution in [3.05, 3.63) is 29.6 Å². The molecule has 1 saturated heterocycles. The summed E-state index contributed by atoms with van der Waals surface area (Å²) in [7, 11) is 0. The molecule has 7 heteroatoms. The molecule has 0 bridgehead atoms. The molecule has 4 nitrogen and oxygen atoms in total. The van der Waals surface area contributed by atoms with Gasteiger partial charge in [-0.3, -0.25) is 0 Å². The lowest BCUT2D eigenvalue weighted by molar-refractivity contribution is 0.0887. The predicted octanol–water partition coefficient (Wildman–Crippen LogP) is 2.81. The molecule has 1 N–H and O–H groups in total. The molecular formula is C16H20FN3OS2. The number of oxime groups is 1. The van der Waals surface area contributed by atoms with Crippen LogP contribution in [0.4, 0.5) is 10.1 Å². The Morgan fingerprint density at radius 2 is 2.26 bits per heavy atom. The Balaban J connectivity index is 1.65. The SMILES string of the molecule is CC(=S)NCC1CC(c2ccc(N3CCSCC3)c(F)c2)=NO1. The fraction of sp³-hybridized carbons (Fsp3) is 0.500. The molecule has 1 atom stereocenters. The molecule has 0 aromatic heterocycles. The second kappa shape index (κ2) is 7.49. The molecule has 0 amide bonds. The summed E-state index contributed by atoms with van der Waals surface area (Å²) in [5.74, 6) is 1.92. The van der Waals surface area contributed by atoms with Gasteiger partial charge in [0, 0.05) is 36.6 Å². The summed E-state index contributed by atoms with van der Waals surface area (Å²) in [6, 6.07) is 5.36. The van der Waals surface area contributed by atoms with Crippen LogP contribution < -0.4 is 10.2 Å². The number of thiocarbonyl (C=S) groups is 1. The molecule has 2 heterocycles. The van der Waals surface area contributed by atoms with E-state index in [2.05, 4.69) is 15.4 Å². The average Bonchev–Trinajstić information content (AvgIpc) is 3.02. The fourth-order valence-electron chi connectivity index (χ4n) is 2.71. The minimum Gasteiger partial charge on any atom is -0.390 e. The Morgan fingerprint density at radius 1 is 1.48 bits per heavy atom. The van der Waals surface area contributed by atoms with Crippen molar-refractivity contribution >= 4 is 40.4 Å². The van der Waals surface area contributed by atoms with Crippen molar-refractivity contribution in [1.82, 2.24) is 5.32 Å². The second-order valence-corrected chi connectivity index (χ2v) is 7.51. The van der Waals surface area contributed by atoms with Gasteiger partial charge in [0.15, 0.2) is 0 Å². The van der Waals surface area contributed by atoms with Gasteiger partial charge < -0.3 is 15.1 Å². The molecule has 3 rings (SSSR count). The van der Waals surface area contributed by atoms with Gasteiger partial charge in [0.25, 0.3) is 0 Å². The van der Waals surface area contributed by atoms with Gasteiger partial charge in [-0.25, -0.2) is 4.39 Å². The highest BCUT2D eigenvalue weighted by atomic mass is 32.2. The van der Waals surface area contributed by atoms with E-state index >= 15 is 0 Å². The maximum atomic E-state index is 14.5. The van der Waals surface area contributed by atoms with Crippen LogP contribution in [0.3, 0.4) is 0 Å². The quantitative estimate of drug-likeness (QED) is 0.843. The molecule has 1 aromatic rings. The van der Waals surface area contributed by atoms with Crippen LogP contribution in [0.25, 0.3) is 0 Å². The third kappa shape index (κ3) is 4.14. The van der Waals surface area contributed by atoms with Gasteiger partial charge in [-0.2, -0.15) is 11.8 Å². The van der Waals surface area contributed by atoms with E-state index in [0.717, 1.165) is 40.9 Å². The van der Waals surface area contributed by atoms with E-state index in [0.29, 0.717) is 18.7 Å². The summed E-state index contributed by atoms with van der Waals surface area (Å²) in [5, 5.41) is 7.17. The Hall–Kier alpha value is -1.34. The Bertz CT molecular complexity index is 617. The number of anilines is 1. The zero-order valence-corrected chi connectivity index (χ0v) is 14.7. The smallest absolute Gasteiger partial charge is 0.150 e. The van der Waals surface area contributed by atoms with E-state index < -0.39 is 0 Å². The lowest BCUT2D eigenvalue weighted by atomic mass is 10.0. The summed E-state index contributed by atoms with van der Waals surface area (Å²) in [4.78, 5) is 8.23. The molecule has 0 saturated carbocycles. The Labute approximate surface area is 145 Å². The first-order valence-corrected chi connectivity index (χ1v) is 9.29. The number of nitrogens with one attached hydrogen (secondary N) is 1. The van der Waals surface area contributed by atoms with Gasteiger partial charge in [0.2, 0.25) is 0 Å². The molecule has 23 heavy (non-hydrogen) atoms. The summed E-state index contributed by atoms with van der Waals surface area (Å²) in [6.45, 7) is 4.25. The number of halogens is 1. The first kappa shape index (κ1) is 16.5. The Kier molecular flexibility index (Phi) is 5.38. The van der Waals surface area contributed by atoms with Crippen LogP contribution in [0.1, 0.15) is 18.9 Å². The highest BCUT2D eigenvalue weighted by Crippen LogP contribution is 2.25. The van der Waals surface area contributed by atoms with Crippen molar-refractivity contribution in [2.75, 3.05) is 36.0 Å². The van der Waals surface area contributed by atoms with E-state index in [1.807, 2.05) is 30.8 Å². The molecular weight excluding hydrogens is 333 g/mol. The maximum Gasteiger partial charge on any atom is 0.150 e. The van der Waals surface area contributed by atoms with Crippen molar-refractivity contribution in [3.8, 4) is 0 Å². The molecule has 1 fully saturated rings. The molecule has 2 aliphatic heterocycles. The zero-order valence-electron chi connectivity index (χ0n) is 13.0. The van der Waals surface area contributed by atoms with Gasteiger partial charge in [0.05, 0.1) is 22.9 Å². The molecule has 2 aliphatic rings. The number of thioether (sulfide) groups is 1. The summed E-state index contributed by atoms with van der Waals surface area (Å²) in [6.07, 6.45) is 0.610. The summed E-state index contributed by atoms with van der Waals surface area (Å²) >= 11 is 6.90. The first-order valence-electron chi connectivity index (χ1n) is 7.73. The van der Waals surface area contributed by atoms with Crippen LogP contribution in [0, 0.1) is 5.82 Å². The fourth-order valence-corrected chi connectivity index (χ4v) is 3.70. The van der Waals surface area contributed by atoms with Crippen LogP contribution in [0.15, 0.2) is 23.4 Å². The van der Waals surface area contributed by atoms with Gasteiger partial charge in [0.1, 0.15) is 11.9 Å². The largest absolute Gasteiger partial charge is 0.390 e. The van der Waals surface area contributed by atoms with E-state index in [4.69, 9.17) is 17.1 Å². The minimum absolute atomic E-state index is 0.0512. The van der Waals surface area contributed by atoms with Crippen LogP contribution >= 0.6 is 24.0 Å². The van der Waals surface area contributed by atoms with Crippen LogP contribution in [0.2, 0.25) is 0 Å². The average molecular weight is 353 g/mol. The zero-order chi connectivity index (χ0) is 16.2. The third-order valence-electron chi connectivity index (χ3n) is 3.94. The summed E-state index contributed by atoms with van der Waals surface area (Å²) in [5.41, 5.74) is 2.26. The highest BCUT2D eigenvalue weighted by molar-refractivity contribution is 7.99. The lowest BCUT2D eigenvalue weighted by Gasteiger charge is -2.28. The molecule has 0 spiro atoms. The molecule has 124 valence electrons.